The van der Waals surface area contributed by atoms with Crippen molar-refractivity contribution in [1.29, 1.82) is 0 Å². The molecule has 0 heterocycles. The van der Waals surface area contributed by atoms with E-state index in [-0.39, 0.29) is 59.1 Å². The summed E-state index contributed by atoms with van der Waals surface area (Å²) in [4.78, 5) is 30.0. The number of carboxylic acids is 3. The molecule has 0 aromatic rings. The molecule has 188 valence electrons. The molecule has 12 heteroatoms. The molecule has 2 N–H and O–H groups in total. The smallest absolute Gasteiger partial charge is 0.550 e. The predicted molar refractivity (Wildman–Crippen MR) is 117 cm³/mol. The maximum absolute atomic E-state index is 10.3. The zero-order valence-electron chi connectivity index (χ0n) is 21.0. The van der Waals surface area contributed by atoms with Crippen molar-refractivity contribution in [1.82, 2.24) is 0 Å². The summed E-state index contributed by atoms with van der Waals surface area (Å²) in [5, 5.41) is 25.8. The van der Waals surface area contributed by atoms with Crippen molar-refractivity contribution in [2.24, 2.45) is 0 Å². The van der Waals surface area contributed by atoms with E-state index in [0.29, 0.717) is 6.42 Å². The molecule has 1 atom stereocenters. The van der Waals surface area contributed by atoms with Crippen molar-refractivity contribution in [2.45, 2.75) is 108 Å². The topological polar surface area (TPSA) is 172 Å². The molecule has 1 unspecified atom stereocenters. The van der Waals surface area contributed by atoms with E-state index in [1.807, 2.05) is 0 Å². The Morgan fingerprint density at radius 1 is 0.794 bits per heavy atom. The van der Waals surface area contributed by atoms with E-state index in [1.165, 1.54) is 70.6 Å². The Morgan fingerprint density at radius 3 is 1.53 bits per heavy atom. The normalized spacial score (nSPS) is 11.5. The molecular formula is C22H38Na2O9S. The summed E-state index contributed by atoms with van der Waals surface area (Å²) in [5.41, 5.74) is 0. The first-order chi connectivity index (χ1) is 15.0. The summed E-state index contributed by atoms with van der Waals surface area (Å²) in [6.07, 6.45) is 19.9. The minimum absolute atomic E-state index is 0. The van der Waals surface area contributed by atoms with Crippen LogP contribution in [0.5, 0.6) is 0 Å². The van der Waals surface area contributed by atoms with Gasteiger partial charge in [-0.3, -0.25) is 9.35 Å². The van der Waals surface area contributed by atoms with Crippen LogP contribution in [0.4, 0.5) is 0 Å². The van der Waals surface area contributed by atoms with Crippen molar-refractivity contribution in [3.63, 3.8) is 0 Å². The van der Waals surface area contributed by atoms with E-state index in [4.69, 9.17) is 9.66 Å². The fourth-order valence-electron chi connectivity index (χ4n) is 2.81. The van der Waals surface area contributed by atoms with Crippen LogP contribution in [0, 0.1) is 0 Å². The van der Waals surface area contributed by atoms with Gasteiger partial charge in [0.2, 0.25) is 0 Å². The first kappa shape index (κ1) is 41.2. The average molecular weight is 525 g/mol. The van der Waals surface area contributed by atoms with Gasteiger partial charge < -0.3 is 24.9 Å². The van der Waals surface area contributed by atoms with Gasteiger partial charge in [0.15, 0.2) is 0 Å². The predicted octanol–water partition coefficient (Wildman–Crippen LogP) is -3.75. The quantitative estimate of drug-likeness (QED) is 0.0745. The zero-order valence-corrected chi connectivity index (χ0v) is 25.8. The molecule has 0 spiro atoms. The van der Waals surface area contributed by atoms with Crippen molar-refractivity contribution in [3.05, 3.63) is 12.2 Å². The number of hydrogen-bond donors (Lipinski definition) is 2. The Balaban J connectivity index is -0.000000279. The standard InChI is InChI=1S/C18H34O2.C4H6O7S.2Na/c1-2-3-4-5-6-7-8-9-10-11-12-13-14-15-16-17-18(19)20;5-3(6)1-2(4(7)8)12(9,10)11;;/h9-10H,2-8,11-17H2,1H3,(H,19,20);2H,1H2,(H,5,6)(H,7,8)(H,9,10,11);;/q;;2*+1/p-2. The van der Waals surface area contributed by atoms with Crippen LogP contribution >= 0.6 is 0 Å². The van der Waals surface area contributed by atoms with Gasteiger partial charge in [0.25, 0.3) is 10.1 Å². The van der Waals surface area contributed by atoms with Gasteiger partial charge in [-0.1, -0.05) is 70.4 Å². The number of rotatable bonds is 19. The zero-order chi connectivity index (χ0) is 24.8. The first-order valence-corrected chi connectivity index (χ1v) is 12.8. The van der Waals surface area contributed by atoms with Crippen molar-refractivity contribution in [3.8, 4) is 0 Å². The summed E-state index contributed by atoms with van der Waals surface area (Å²) in [5.74, 6) is -4.74. The molecule has 0 aliphatic heterocycles. The number of carbonyl (C=O) groups is 3. The van der Waals surface area contributed by atoms with E-state index in [9.17, 15) is 33.0 Å². The van der Waals surface area contributed by atoms with Crippen LogP contribution in [0.1, 0.15) is 103 Å². The molecule has 0 amide bonds. The molecule has 0 rings (SSSR count). The molecule has 0 aliphatic rings. The number of allylic oxidation sites excluding steroid dienone is 2. The van der Waals surface area contributed by atoms with Crippen LogP contribution in [0.25, 0.3) is 0 Å². The van der Waals surface area contributed by atoms with Gasteiger partial charge >= 0.3 is 65.1 Å². The van der Waals surface area contributed by atoms with Crippen LogP contribution < -0.4 is 69.3 Å². The molecule has 34 heavy (non-hydrogen) atoms. The number of carbonyl (C=O) groups excluding carboxylic acids is 2. The Labute approximate surface area is 248 Å². The number of carboxylic acid groups (broad SMARTS) is 3. The maximum atomic E-state index is 10.3. The summed E-state index contributed by atoms with van der Waals surface area (Å²) in [6, 6.07) is 0. The molecule has 0 aromatic heterocycles. The molecule has 0 aliphatic carbocycles. The van der Waals surface area contributed by atoms with E-state index >= 15 is 0 Å². The minimum atomic E-state index is -4.94. The van der Waals surface area contributed by atoms with Gasteiger partial charge in [-0.2, -0.15) is 8.42 Å². The number of unbranched alkanes of at least 4 members (excludes halogenated alkanes) is 11. The monoisotopic (exact) mass is 524 g/mol. The number of aliphatic carboxylic acids is 3. The Kier molecular flexibility index (Phi) is 33.5. The fourth-order valence-corrected chi connectivity index (χ4v) is 3.40. The van der Waals surface area contributed by atoms with Gasteiger partial charge in [-0.25, -0.2) is 0 Å². The van der Waals surface area contributed by atoms with Crippen LogP contribution in [-0.2, 0) is 24.5 Å². The van der Waals surface area contributed by atoms with Crippen LogP contribution in [0.3, 0.4) is 0 Å². The average Bonchev–Trinajstić information content (AvgIpc) is 2.68. The second-order valence-corrected chi connectivity index (χ2v) is 9.23. The summed E-state index contributed by atoms with van der Waals surface area (Å²) in [6.45, 7) is 2.26. The van der Waals surface area contributed by atoms with Gasteiger partial charge in [-0.15, -0.1) is 0 Å². The largest absolute Gasteiger partial charge is 1.00 e. The van der Waals surface area contributed by atoms with E-state index in [2.05, 4.69) is 19.1 Å². The van der Waals surface area contributed by atoms with Crippen LogP contribution in [0.2, 0.25) is 0 Å². The van der Waals surface area contributed by atoms with Gasteiger partial charge in [-0.05, 0) is 32.1 Å². The van der Waals surface area contributed by atoms with E-state index < -0.39 is 39.7 Å². The van der Waals surface area contributed by atoms with E-state index in [1.54, 1.807) is 0 Å². The van der Waals surface area contributed by atoms with E-state index in [0.717, 1.165) is 12.8 Å². The van der Waals surface area contributed by atoms with Gasteiger partial charge in [0.1, 0.15) is 5.25 Å². The molecule has 0 aromatic carbocycles. The molecule has 0 saturated carbocycles. The van der Waals surface area contributed by atoms with Crippen molar-refractivity contribution >= 4 is 28.0 Å². The Bertz CT molecular complexity index is 653. The van der Waals surface area contributed by atoms with Gasteiger partial charge in [0, 0.05) is 18.8 Å². The fraction of sp³-hybridized carbons (Fsp3) is 0.773. The second-order valence-electron chi connectivity index (χ2n) is 7.63. The SMILES string of the molecule is CCCCCCCCC=CCCCCCCCC(=O)O.O=C([O-])CC(C(=O)[O-])S(=O)(=O)O.[Na+].[Na+]. The van der Waals surface area contributed by atoms with Crippen molar-refractivity contribution < 1.29 is 102 Å². The third-order valence-electron chi connectivity index (χ3n) is 4.63. The Morgan fingerprint density at radius 2 is 1.21 bits per heavy atom. The van der Waals surface area contributed by atoms with Crippen LogP contribution in [-0.4, -0.2) is 41.2 Å². The summed E-state index contributed by atoms with van der Waals surface area (Å²) < 4.78 is 28.5. The molecule has 0 fully saturated rings. The third kappa shape index (κ3) is 32.1. The van der Waals surface area contributed by atoms with Crippen LogP contribution in [0.15, 0.2) is 12.2 Å². The minimum Gasteiger partial charge on any atom is -0.550 e. The second kappa shape index (κ2) is 27.6. The molecule has 9 nitrogen and oxygen atoms in total. The number of hydrogen-bond acceptors (Lipinski definition) is 7. The van der Waals surface area contributed by atoms with Crippen molar-refractivity contribution in [2.75, 3.05) is 0 Å². The maximum Gasteiger partial charge on any atom is 1.00 e. The third-order valence-corrected chi connectivity index (χ3v) is 5.71. The summed E-state index contributed by atoms with van der Waals surface area (Å²) >= 11 is 0. The summed E-state index contributed by atoms with van der Waals surface area (Å²) in [7, 11) is -4.94. The first-order valence-electron chi connectivity index (χ1n) is 11.3. The molecule has 0 saturated heterocycles. The molecule has 0 bridgehead atoms. The molecule has 0 radical (unpaired) electrons. The Hall–Kier alpha value is 0.0600. The molecular weight excluding hydrogens is 486 g/mol. The van der Waals surface area contributed by atoms with Gasteiger partial charge in [0.05, 0.1) is 5.97 Å².